The lowest BCUT2D eigenvalue weighted by Gasteiger charge is -2.03. The number of carbonyl (C=O) groups is 1. The first-order valence-electron chi connectivity index (χ1n) is 3.21. The summed E-state index contributed by atoms with van der Waals surface area (Å²) in [6.07, 6.45) is 1.56. The highest BCUT2D eigenvalue weighted by Gasteiger charge is 2.29. The van der Waals surface area contributed by atoms with E-state index < -0.39 is 0 Å². The molecule has 0 spiro atoms. The standard InChI is InChI=1S/C6H10N2O2S/c1-7-8-3-5(4-11-2)10-6(8)9/h5H,1,3-4H2,2H3. The SMILES string of the molecule is C=NN1CC(CSC)OC1=O. The van der Waals surface area contributed by atoms with Crippen molar-refractivity contribution in [2.75, 3.05) is 18.6 Å². The van der Waals surface area contributed by atoms with Gasteiger partial charge in [0, 0.05) is 12.5 Å². The van der Waals surface area contributed by atoms with Gasteiger partial charge in [-0.05, 0) is 6.26 Å². The van der Waals surface area contributed by atoms with Crippen LogP contribution < -0.4 is 0 Å². The first-order valence-corrected chi connectivity index (χ1v) is 4.61. The van der Waals surface area contributed by atoms with Crippen LogP contribution in [0.5, 0.6) is 0 Å². The molecule has 1 unspecified atom stereocenters. The van der Waals surface area contributed by atoms with E-state index in [4.69, 9.17) is 4.74 Å². The molecule has 0 aromatic heterocycles. The zero-order chi connectivity index (χ0) is 8.27. The Labute approximate surface area is 69.6 Å². The number of thioether (sulfide) groups is 1. The largest absolute Gasteiger partial charge is 0.442 e. The van der Waals surface area contributed by atoms with Crippen LogP contribution in [0.2, 0.25) is 0 Å². The van der Waals surface area contributed by atoms with Crippen molar-refractivity contribution >= 4 is 24.6 Å². The van der Waals surface area contributed by atoms with Crippen molar-refractivity contribution in [3.8, 4) is 0 Å². The fourth-order valence-electron chi connectivity index (χ4n) is 0.896. The first kappa shape index (κ1) is 8.39. The molecule has 0 aliphatic carbocycles. The molecule has 1 amide bonds. The molecule has 1 aliphatic heterocycles. The smallest absolute Gasteiger partial charge is 0.430 e. The van der Waals surface area contributed by atoms with E-state index >= 15 is 0 Å². The van der Waals surface area contributed by atoms with Gasteiger partial charge in [0.15, 0.2) is 0 Å². The Balaban J connectivity index is 2.42. The topological polar surface area (TPSA) is 41.9 Å². The van der Waals surface area contributed by atoms with Gasteiger partial charge in [0.25, 0.3) is 0 Å². The van der Waals surface area contributed by atoms with E-state index in [9.17, 15) is 4.79 Å². The summed E-state index contributed by atoms with van der Waals surface area (Å²) in [7, 11) is 0. The number of rotatable bonds is 3. The highest BCUT2D eigenvalue weighted by Crippen LogP contribution is 2.13. The Morgan fingerprint density at radius 3 is 3.18 bits per heavy atom. The average Bonchev–Trinajstić information content (AvgIpc) is 2.32. The summed E-state index contributed by atoms with van der Waals surface area (Å²) >= 11 is 1.65. The molecule has 0 bridgehead atoms. The fourth-order valence-corrected chi connectivity index (χ4v) is 1.44. The number of hydrazone groups is 1. The molecule has 62 valence electrons. The van der Waals surface area contributed by atoms with E-state index in [1.54, 1.807) is 11.8 Å². The molecular weight excluding hydrogens is 164 g/mol. The van der Waals surface area contributed by atoms with E-state index in [2.05, 4.69) is 11.8 Å². The number of amides is 1. The Morgan fingerprint density at radius 1 is 2.00 bits per heavy atom. The van der Waals surface area contributed by atoms with E-state index in [1.165, 1.54) is 5.01 Å². The highest BCUT2D eigenvalue weighted by atomic mass is 32.2. The minimum atomic E-state index is -0.390. The van der Waals surface area contributed by atoms with Crippen molar-refractivity contribution in [2.24, 2.45) is 5.10 Å². The van der Waals surface area contributed by atoms with Gasteiger partial charge in [0.05, 0.1) is 6.54 Å². The quantitative estimate of drug-likeness (QED) is 0.594. The number of hydrogen-bond acceptors (Lipinski definition) is 4. The van der Waals surface area contributed by atoms with Crippen molar-refractivity contribution in [1.82, 2.24) is 5.01 Å². The van der Waals surface area contributed by atoms with Gasteiger partial charge < -0.3 is 4.74 Å². The summed E-state index contributed by atoms with van der Waals surface area (Å²) in [5.41, 5.74) is 0. The van der Waals surface area contributed by atoms with Gasteiger partial charge >= 0.3 is 6.09 Å². The van der Waals surface area contributed by atoms with E-state index in [0.717, 1.165) is 5.75 Å². The van der Waals surface area contributed by atoms with Crippen molar-refractivity contribution in [2.45, 2.75) is 6.10 Å². The molecule has 11 heavy (non-hydrogen) atoms. The number of cyclic esters (lactones) is 1. The lowest BCUT2D eigenvalue weighted by molar-refractivity contribution is 0.140. The number of ether oxygens (including phenoxy) is 1. The van der Waals surface area contributed by atoms with Crippen LogP contribution in [0, 0.1) is 0 Å². The van der Waals surface area contributed by atoms with Crippen molar-refractivity contribution in [1.29, 1.82) is 0 Å². The van der Waals surface area contributed by atoms with Crippen LogP contribution in [-0.2, 0) is 4.74 Å². The maximum atomic E-state index is 10.9. The molecule has 1 atom stereocenters. The number of nitrogens with zero attached hydrogens (tertiary/aromatic N) is 2. The molecule has 1 aliphatic rings. The third-order valence-electron chi connectivity index (χ3n) is 1.38. The van der Waals surface area contributed by atoms with Crippen LogP contribution in [0.3, 0.4) is 0 Å². The third kappa shape index (κ3) is 1.86. The van der Waals surface area contributed by atoms with Gasteiger partial charge in [0.1, 0.15) is 6.10 Å². The van der Waals surface area contributed by atoms with Gasteiger partial charge in [-0.3, -0.25) is 0 Å². The second kappa shape index (κ2) is 3.61. The van der Waals surface area contributed by atoms with Gasteiger partial charge in [-0.25, -0.2) is 4.79 Å². The van der Waals surface area contributed by atoms with Crippen molar-refractivity contribution in [3.63, 3.8) is 0 Å². The molecule has 1 heterocycles. The molecule has 0 N–H and O–H groups in total. The summed E-state index contributed by atoms with van der Waals surface area (Å²) in [5, 5.41) is 4.74. The predicted octanol–water partition coefficient (Wildman–Crippen LogP) is 0.786. The Morgan fingerprint density at radius 2 is 2.73 bits per heavy atom. The summed E-state index contributed by atoms with van der Waals surface area (Å²) < 4.78 is 4.94. The highest BCUT2D eigenvalue weighted by molar-refractivity contribution is 7.98. The van der Waals surface area contributed by atoms with Crippen LogP contribution in [0.4, 0.5) is 4.79 Å². The zero-order valence-electron chi connectivity index (χ0n) is 6.32. The monoisotopic (exact) mass is 174 g/mol. The molecule has 0 aromatic rings. The van der Waals surface area contributed by atoms with Gasteiger partial charge in [-0.2, -0.15) is 21.9 Å². The Bertz CT molecular complexity index is 174. The lowest BCUT2D eigenvalue weighted by Crippen LogP contribution is -2.19. The summed E-state index contributed by atoms with van der Waals surface area (Å²) in [5.74, 6) is 0.817. The zero-order valence-corrected chi connectivity index (χ0v) is 7.13. The predicted molar refractivity (Wildman–Crippen MR) is 44.9 cm³/mol. The lowest BCUT2D eigenvalue weighted by atomic mass is 10.4. The molecule has 1 rings (SSSR count). The second-order valence-corrected chi connectivity index (χ2v) is 3.10. The van der Waals surface area contributed by atoms with Crippen LogP contribution in [0.25, 0.3) is 0 Å². The Kier molecular flexibility index (Phi) is 2.76. The fraction of sp³-hybridized carbons (Fsp3) is 0.667. The second-order valence-electron chi connectivity index (χ2n) is 2.18. The molecule has 1 fully saturated rings. The van der Waals surface area contributed by atoms with Gasteiger partial charge in [0.2, 0.25) is 0 Å². The molecular formula is C6H10N2O2S. The van der Waals surface area contributed by atoms with Crippen molar-refractivity contribution in [3.05, 3.63) is 0 Å². The minimum absolute atomic E-state index is 0.0250. The third-order valence-corrected chi connectivity index (χ3v) is 2.08. The van der Waals surface area contributed by atoms with Crippen molar-refractivity contribution < 1.29 is 9.53 Å². The molecule has 4 nitrogen and oxygen atoms in total. The van der Waals surface area contributed by atoms with Gasteiger partial charge in [-0.15, -0.1) is 0 Å². The molecule has 1 saturated heterocycles. The molecule has 0 radical (unpaired) electrons. The van der Waals surface area contributed by atoms with Crippen LogP contribution in [0.15, 0.2) is 5.10 Å². The number of carbonyl (C=O) groups excluding carboxylic acids is 1. The van der Waals surface area contributed by atoms with E-state index in [0.29, 0.717) is 6.54 Å². The van der Waals surface area contributed by atoms with Crippen LogP contribution >= 0.6 is 11.8 Å². The maximum Gasteiger partial charge on any atom is 0.430 e. The Hall–Kier alpha value is -0.710. The van der Waals surface area contributed by atoms with Crippen LogP contribution in [-0.4, -0.2) is 42.5 Å². The summed E-state index contributed by atoms with van der Waals surface area (Å²) in [6, 6.07) is 0. The van der Waals surface area contributed by atoms with E-state index in [-0.39, 0.29) is 12.2 Å². The normalized spacial score (nSPS) is 23.5. The molecule has 5 heteroatoms. The first-order chi connectivity index (χ1) is 5.27. The van der Waals surface area contributed by atoms with Crippen LogP contribution in [0.1, 0.15) is 0 Å². The summed E-state index contributed by atoms with van der Waals surface area (Å²) in [6.45, 7) is 3.79. The molecule has 0 saturated carbocycles. The van der Waals surface area contributed by atoms with Gasteiger partial charge in [-0.1, -0.05) is 0 Å². The molecule has 0 aromatic carbocycles. The van der Waals surface area contributed by atoms with E-state index in [1.807, 2.05) is 6.26 Å². The summed E-state index contributed by atoms with van der Waals surface area (Å²) in [4.78, 5) is 10.9. The number of hydrogen-bond donors (Lipinski definition) is 0. The average molecular weight is 174 g/mol. The minimum Gasteiger partial charge on any atom is -0.442 e. The maximum absolute atomic E-state index is 10.9.